The molecule has 2 aromatic carbocycles. The van der Waals surface area contributed by atoms with Crippen molar-refractivity contribution >= 4 is 11.6 Å². The normalized spacial score (nSPS) is 12.3. The van der Waals surface area contributed by atoms with Crippen LogP contribution in [0, 0.1) is 0 Å². The number of aromatic amines is 1. The van der Waals surface area contributed by atoms with Crippen molar-refractivity contribution in [2.45, 2.75) is 12.5 Å². The van der Waals surface area contributed by atoms with E-state index in [2.05, 4.69) is 15.2 Å². The van der Waals surface area contributed by atoms with Gasteiger partial charge in [-0.3, -0.25) is 5.10 Å². The van der Waals surface area contributed by atoms with Crippen LogP contribution in [-0.2, 0) is 6.42 Å². The zero-order valence-corrected chi connectivity index (χ0v) is 12.1. The molecular formula is C16H15ClN4. The molecule has 0 saturated heterocycles. The molecule has 0 unspecified atom stereocenters. The lowest BCUT2D eigenvalue weighted by molar-refractivity contribution is 0.671. The minimum atomic E-state index is -0.226. The molecule has 1 atom stereocenters. The van der Waals surface area contributed by atoms with Gasteiger partial charge >= 0.3 is 0 Å². The van der Waals surface area contributed by atoms with E-state index in [1.807, 2.05) is 54.6 Å². The molecule has 5 heteroatoms. The highest BCUT2D eigenvalue weighted by Gasteiger charge is 2.14. The van der Waals surface area contributed by atoms with Crippen LogP contribution in [0.1, 0.15) is 17.4 Å². The number of nitrogens with zero attached hydrogens (tertiary/aromatic N) is 2. The minimum absolute atomic E-state index is 0.226. The maximum atomic E-state index is 6.19. The molecule has 0 saturated carbocycles. The van der Waals surface area contributed by atoms with Crippen molar-refractivity contribution in [1.82, 2.24) is 15.2 Å². The molecule has 0 aliphatic heterocycles. The fraction of sp³-hybridized carbons (Fsp3) is 0.125. The smallest absolute Gasteiger partial charge is 0.182 e. The quantitative estimate of drug-likeness (QED) is 0.776. The number of aromatic nitrogens is 3. The lowest BCUT2D eigenvalue weighted by atomic mass is 10.1. The van der Waals surface area contributed by atoms with Gasteiger partial charge in [0, 0.05) is 5.56 Å². The first-order valence-corrected chi connectivity index (χ1v) is 7.08. The highest BCUT2D eigenvalue weighted by atomic mass is 35.5. The van der Waals surface area contributed by atoms with Gasteiger partial charge in [0.1, 0.15) is 5.82 Å². The average Bonchev–Trinajstić information content (AvgIpc) is 2.98. The Labute approximate surface area is 128 Å². The molecule has 0 aliphatic rings. The summed E-state index contributed by atoms with van der Waals surface area (Å²) in [6.07, 6.45) is 0.706. The van der Waals surface area contributed by atoms with Crippen LogP contribution in [0.3, 0.4) is 0 Å². The molecule has 106 valence electrons. The van der Waals surface area contributed by atoms with Crippen molar-refractivity contribution in [3.63, 3.8) is 0 Å². The maximum Gasteiger partial charge on any atom is 0.182 e. The van der Waals surface area contributed by atoms with Gasteiger partial charge in [0.25, 0.3) is 0 Å². The Balaban J connectivity index is 1.80. The predicted molar refractivity (Wildman–Crippen MR) is 83.9 cm³/mol. The standard InChI is InChI=1S/C16H15ClN4/c17-13-9-5-4-8-12(13)15-19-16(21-20-15)14(18)10-11-6-2-1-3-7-11/h1-9,14H,10,18H2,(H,19,20,21)/t14-/m1/s1. The first kappa shape index (κ1) is 13.8. The topological polar surface area (TPSA) is 67.6 Å². The molecule has 1 aromatic heterocycles. The van der Waals surface area contributed by atoms with Gasteiger partial charge in [0.05, 0.1) is 11.1 Å². The van der Waals surface area contributed by atoms with Gasteiger partial charge < -0.3 is 5.73 Å². The molecule has 3 aromatic rings. The molecule has 0 radical (unpaired) electrons. The first-order valence-electron chi connectivity index (χ1n) is 6.71. The predicted octanol–water partition coefficient (Wildman–Crippen LogP) is 3.37. The molecule has 0 fully saturated rings. The van der Waals surface area contributed by atoms with Gasteiger partial charge in [0.2, 0.25) is 0 Å². The summed E-state index contributed by atoms with van der Waals surface area (Å²) in [6, 6.07) is 17.3. The maximum absolute atomic E-state index is 6.19. The van der Waals surface area contributed by atoms with Crippen LogP contribution >= 0.6 is 11.6 Å². The number of benzene rings is 2. The van der Waals surface area contributed by atoms with E-state index in [0.29, 0.717) is 23.1 Å². The number of hydrogen-bond donors (Lipinski definition) is 2. The second-order valence-electron chi connectivity index (χ2n) is 4.82. The molecule has 3 N–H and O–H groups in total. The number of rotatable bonds is 4. The Morgan fingerprint density at radius 1 is 1.05 bits per heavy atom. The Bertz CT molecular complexity index is 724. The van der Waals surface area contributed by atoms with E-state index >= 15 is 0 Å². The van der Waals surface area contributed by atoms with Crippen molar-refractivity contribution in [2.24, 2.45) is 5.73 Å². The zero-order chi connectivity index (χ0) is 14.7. The van der Waals surface area contributed by atoms with Crippen LogP contribution in [0.4, 0.5) is 0 Å². The number of nitrogens with one attached hydrogen (secondary N) is 1. The Morgan fingerprint density at radius 2 is 1.76 bits per heavy atom. The van der Waals surface area contributed by atoms with Crippen molar-refractivity contribution < 1.29 is 0 Å². The molecule has 0 spiro atoms. The van der Waals surface area contributed by atoms with E-state index < -0.39 is 0 Å². The van der Waals surface area contributed by atoms with Gasteiger partial charge in [-0.2, -0.15) is 5.10 Å². The van der Waals surface area contributed by atoms with Crippen LogP contribution in [-0.4, -0.2) is 15.2 Å². The van der Waals surface area contributed by atoms with Gasteiger partial charge in [-0.05, 0) is 24.1 Å². The third-order valence-electron chi connectivity index (χ3n) is 3.27. The minimum Gasteiger partial charge on any atom is -0.321 e. The molecule has 3 rings (SSSR count). The summed E-state index contributed by atoms with van der Waals surface area (Å²) in [5.74, 6) is 1.23. The fourth-order valence-corrected chi connectivity index (χ4v) is 2.39. The van der Waals surface area contributed by atoms with E-state index in [0.717, 1.165) is 5.56 Å². The summed E-state index contributed by atoms with van der Waals surface area (Å²) >= 11 is 6.15. The fourth-order valence-electron chi connectivity index (χ4n) is 2.17. The molecule has 21 heavy (non-hydrogen) atoms. The summed E-state index contributed by atoms with van der Waals surface area (Å²) in [4.78, 5) is 4.46. The van der Waals surface area contributed by atoms with Crippen LogP contribution in [0.15, 0.2) is 54.6 Å². The SMILES string of the molecule is N[C@H](Cc1ccccc1)c1nc(-c2ccccc2Cl)n[nH]1. The lowest BCUT2D eigenvalue weighted by Crippen LogP contribution is -2.15. The second-order valence-corrected chi connectivity index (χ2v) is 5.23. The number of hydrogen-bond acceptors (Lipinski definition) is 3. The summed E-state index contributed by atoms with van der Waals surface area (Å²) in [6.45, 7) is 0. The molecule has 1 heterocycles. The number of halogens is 1. The van der Waals surface area contributed by atoms with Crippen molar-refractivity contribution in [3.05, 3.63) is 71.0 Å². The largest absolute Gasteiger partial charge is 0.321 e. The third-order valence-corrected chi connectivity index (χ3v) is 3.60. The van der Waals surface area contributed by atoms with Crippen LogP contribution in [0.5, 0.6) is 0 Å². The lowest BCUT2D eigenvalue weighted by Gasteiger charge is -2.07. The Morgan fingerprint density at radius 3 is 2.52 bits per heavy atom. The summed E-state index contributed by atoms with van der Waals surface area (Å²) in [5, 5.41) is 7.74. The summed E-state index contributed by atoms with van der Waals surface area (Å²) in [7, 11) is 0. The zero-order valence-electron chi connectivity index (χ0n) is 11.3. The Hall–Kier alpha value is -2.17. The van der Waals surface area contributed by atoms with Gasteiger partial charge in [-0.1, -0.05) is 54.1 Å². The van der Waals surface area contributed by atoms with Crippen LogP contribution < -0.4 is 5.73 Å². The number of nitrogens with two attached hydrogens (primary N) is 1. The molecular weight excluding hydrogens is 284 g/mol. The molecule has 0 bridgehead atoms. The molecule has 4 nitrogen and oxygen atoms in total. The second kappa shape index (κ2) is 6.08. The summed E-state index contributed by atoms with van der Waals surface area (Å²) in [5.41, 5.74) is 8.16. The third kappa shape index (κ3) is 3.12. The van der Waals surface area contributed by atoms with Crippen molar-refractivity contribution in [1.29, 1.82) is 0 Å². The highest BCUT2D eigenvalue weighted by molar-refractivity contribution is 6.33. The van der Waals surface area contributed by atoms with Gasteiger partial charge in [-0.25, -0.2) is 4.98 Å². The first-order chi connectivity index (χ1) is 10.2. The Kier molecular flexibility index (Phi) is 3.99. The average molecular weight is 299 g/mol. The highest BCUT2D eigenvalue weighted by Crippen LogP contribution is 2.25. The van der Waals surface area contributed by atoms with Crippen LogP contribution in [0.25, 0.3) is 11.4 Å². The van der Waals surface area contributed by atoms with Gasteiger partial charge in [-0.15, -0.1) is 0 Å². The van der Waals surface area contributed by atoms with Gasteiger partial charge in [0.15, 0.2) is 5.82 Å². The van der Waals surface area contributed by atoms with E-state index in [9.17, 15) is 0 Å². The van der Waals surface area contributed by atoms with E-state index in [1.165, 1.54) is 5.56 Å². The van der Waals surface area contributed by atoms with Crippen molar-refractivity contribution in [3.8, 4) is 11.4 Å². The van der Waals surface area contributed by atoms with E-state index in [-0.39, 0.29) is 6.04 Å². The van der Waals surface area contributed by atoms with E-state index in [4.69, 9.17) is 17.3 Å². The van der Waals surface area contributed by atoms with Crippen LogP contribution in [0.2, 0.25) is 5.02 Å². The monoisotopic (exact) mass is 298 g/mol. The molecule has 0 amide bonds. The van der Waals surface area contributed by atoms with E-state index in [1.54, 1.807) is 0 Å². The summed E-state index contributed by atoms with van der Waals surface area (Å²) < 4.78 is 0. The number of H-pyrrole nitrogens is 1. The molecule has 0 aliphatic carbocycles. The van der Waals surface area contributed by atoms with Crippen molar-refractivity contribution in [2.75, 3.05) is 0 Å².